The van der Waals surface area contributed by atoms with Crippen molar-refractivity contribution in [1.29, 1.82) is 0 Å². The highest BCUT2D eigenvalue weighted by molar-refractivity contribution is 6.28. The number of rotatable bonds is 7. The van der Waals surface area contributed by atoms with Crippen molar-refractivity contribution in [2.75, 3.05) is 4.90 Å². The van der Waals surface area contributed by atoms with Gasteiger partial charge < -0.3 is 14.0 Å². The minimum atomic E-state index is 0.923. The summed E-state index contributed by atoms with van der Waals surface area (Å²) < 4.78 is 7.09. The van der Waals surface area contributed by atoms with Gasteiger partial charge in [0.2, 0.25) is 0 Å². The molecular weight excluding hydrogens is 731 g/mol. The molecule has 12 aromatic rings. The summed E-state index contributed by atoms with van der Waals surface area (Å²) in [6, 6.07) is 80.1. The number of nitrogens with zero attached hydrogens (tertiary/aromatic N) is 5. The third-order valence-corrected chi connectivity index (χ3v) is 11.8. The Morgan fingerprint density at radius 2 is 0.717 bits per heavy atom. The number of hydrogen-bond donors (Lipinski definition) is 0. The first-order chi connectivity index (χ1) is 29.8. The Morgan fingerprint density at radius 1 is 0.300 bits per heavy atom. The van der Waals surface area contributed by atoms with E-state index in [0.717, 1.165) is 56.5 Å². The quantitative estimate of drug-likeness (QED) is 0.162. The number of benzene rings is 9. The average Bonchev–Trinajstić information content (AvgIpc) is 3.99. The standard InChI is InChI=1S/C55H37N5/c1-4-16-39(17-5-1)57(40-18-6-2-7-19-40)42-32-34-44(35-33-42)59-49-26-14-11-23-46(49)54-52(59)37-36-51-53(54)45-22-10-13-25-48(45)58(51)43-30-28-38(29-31-43)55-56-47-24-12-15-27-50(47)60(55)41-20-8-3-9-21-41/h1-37H. The second-order valence-corrected chi connectivity index (χ2v) is 15.2. The molecule has 282 valence electrons. The molecule has 0 atom stereocenters. The number of fused-ring (bicyclic) bond motifs is 8. The van der Waals surface area contributed by atoms with Crippen molar-refractivity contribution in [3.63, 3.8) is 0 Å². The van der Waals surface area contributed by atoms with Crippen LogP contribution in [0.1, 0.15) is 0 Å². The molecule has 0 aliphatic rings. The van der Waals surface area contributed by atoms with E-state index in [-0.39, 0.29) is 0 Å². The Morgan fingerprint density at radius 3 is 1.27 bits per heavy atom. The number of hydrogen-bond acceptors (Lipinski definition) is 2. The van der Waals surface area contributed by atoms with Gasteiger partial charge in [-0.15, -0.1) is 0 Å². The first-order valence-electron chi connectivity index (χ1n) is 20.4. The molecule has 0 bridgehead atoms. The molecule has 0 fully saturated rings. The zero-order valence-electron chi connectivity index (χ0n) is 32.6. The van der Waals surface area contributed by atoms with Crippen LogP contribution >= 0.6 is 0 Å². The van der Waals surface area contributed by atoms with Crippen molar-refractivity contribution in [1.82, 2.24) is 18.7 Å². The summed E-state index contributed by atoms with van der Waals surface area (Å²) in [7, 11) is 0. The Kier molecular flexibility index (Phi) is 7.78. The molecule has 5 heteroatoms. The number of aromatic nitrogens is 4. The van der Waals surface area contributed by atoms with Crippen LogP contribution < -0.4 is 4.90 Å². The molecule has 0 aliphatic carbocycles. The van der Waals surface area contributed by atoms with Gasteiger partial charge in [-0.3, -0.25) is 4.57 Å². The molecule has 0 amide bonds. The van der Waals surface area contributed by atoms with E-state index in [2.05, 4.69) is 243 Å². The molecule has 0 radical (unpaired) electrons. The summed E-state index contributed by atoms with van der Waals surface area (Å²) in [6.07, 6.45) is 0. The van der Waals surface area contributed by atoms with Crippen molar-refractivity contribution in [3.8, 4) is 28.5 Å². The lowest BCUT2D eigenvalue weighted by atomic mass is 10.1. The number of imidazole rings is 1. The maximum Gasteiger partial charge on any atom is 0.145 e. The van der Waals surface area contributed by atoms with Gasteiger partial charge in [0.05, 0.1) is 33.1 Å². The molecule has 0 spiro atoms. The van der Waals surface area contributed by atoms with E-state index in [9.17, 15) is 0 Å². The smallest absolute Gasteiger partial charge is 0.145 e. The fourth-order valence-electron chi connectivity index (χ4n) is 9.24. The summed E-state index contributed by atoms with van der Waals surface area (Å²) in [5, 5.41) is 4.97. The summed E-state index contributed by atoms with van der Waals surface area (Å²) in [5.41, 5.74) is 14.5. The Labute approximate surface area is 346 Å². The molecular formula is C55H37N5. The first kappa shape index (κ1) is 33.9. The molecule has 5 nitrogen and oxygen atoms in total. The molecule has 0 saturated heterocycles. The topological polar surface area (TPSA) is 30.9 Å². The van der Waals surface area contributed by atoms with Crippen LogP contribution in [0.25, 0.3) is 83.1 Å². The molecule has 3 heterocycles. The SMILES string of the molecule is c1ccc(N(c2ccccc2)c2ccc(-n3c4ccccc4c4c5c6ccccc6n(-c6ccc(-c7nc8ccccc8n7-c7ccccc7)cc6)c5ccc43)cc2)cc1. The van der Waals surface area contributed by atoms with Gasteiger partial charge in [-0.25, -0.2) is 4.98 Å². The fraction of sp³-hybridized carbons (Fsp3) is 0. The average molecular weight is 768 g/mol. The number of anilines is 3. The predicted octanol–water partition coefficient (Wildman–Crippen LogP) is 14.4. The van der Waals surface area contributed by atoms with E-state index in [0.29, 0.717) is 0 Å². The lowest BCUT2D eigenvalue weighted by Crippen LogP contribution is -2.09. The Balaban J connectivity index is 1.01. The van der Waals surface area contributed by atoms with Crippen molar-refractivity contribution >= 4 is 71.7 Å². The molecule has 3 aromatic heterocycles. The molecule has 60 heavy (non-hydrogen) atoms. The van der Waals surface area contributed by atoms with Gasteiger partial charge in [0.15, 0.2) is 0 Å². The Hall–Kier alpha value is -8.15. The lowest BCUT2D eigenvalue weighted by Gasteiger charge is -2.25. The largest absolute Gasteiger partial charge is 0.311 e. The second-order valence-electron chi connectivity index (χ2n) is 15.2. The summed E-state index contributed by atoms with van der Waals surface area (Å²) in [6.45, 7) is 0. The highest BCUT2D eigenvalue weighted by atomic mass is 15.1. The van der Waals surface area contributed by atoms with Gasteiger partial charge in [-0.1, -0.05) is 103 Å². The van der Waals surface area contributed by atoms with Crippen LogP contribution in [-0.2, 0) is 0 Å². The molecule has 12 rings (SSSR count). The van der Waals surface area contributed by atoms with Crippen LogP contribution in [0.4, 0.5) is 17.1 Å². The monoisotopic (exact) mass is 767 g/mol. The molecule has 0 saturated carbocycles. The van der Waals surface area contributed by atoms with Gasteiger partial charge in [-0.2, -0.15) is 0 Å². The van der Waals surface area contributed by atoms with E-state index in [1.165, 1.54) is 43.6 Å². The van der Waals surface area contributed by atoms with Crippen LogP contribution in [-0.4, -0.2) is 18.7 Å². The van der Waals surface area contributed by atoms with Gasteiger partial charge >= 0.3 is 0 Å². The van der Waals surface area contributed by atoms with Crippen molar-refractivity contribution in [3.05, 3.63) is 224 Å². The van der Waals surface area contributed by atoms with Crippen LogP contribution in [0.2, 0.25) is 0 Å². The summed E-state index contributed by atoms with van der Waals surface area (Å²) in [4.78, 5) is 7.44. The van der Waals surface area contributed by atoms with Crippen LogP contribution in [0.5, 0.6) is 0 Å². The maximum absolute atomic E-state index is 5.13. The van der Waals surface area contributed by atoms with Crippen molar-refractivity contribution in [2.45, 2.75) is 0 Å². The normalized spacial score (nSPS) is 11.7. The molecule has 0 N–H and O–H groups in total. The third kappa shape index (κ3) is 5.30. The van der Waals surface area contributed by atoms with Gasteiger partial charge in [0.25, 0.3) is 0 Å². The van der Waals surface area contributed by atoms with Gasteiger partial charge in [0, 0.05) is 61.2 Å². The Bertz CT molecular complexity index is 3470. The van der Waals surface area contributed by atoms with Crippen LogP contribution in [0, 0.1) is 0 Å². The first-order valence-corrected chi connectivity index (χ1v) is 20.4. The van der Waals surface area contributed by atoms with E-state index in [1.807, 2.05) is 0 Å². The molecule has 9 aromatic carbocycles. The van der Waals surface area contributed by atoms with Crippen molar-refractivity contribution in [2.24, 2.45) is 0 Å². The van der Waals surface area contributed by atoms with E-state index < -0.39 is 0 Å². The summed E-state index contributed by atoms with van der Waals surface area (Å²) in [5.74, 6) is 0.923. The lowest BCUT2D eigenvalue weighted by molar-refractivity contribution is 1.10. The van der Waals surface area contributed by atoms with E-state index in [4.69, 9.17) is 4.98 Å². The van der Waals surface area contributed by atoms with Gasteiger partial charge in [0.1, 0.15) is 5.82 Å². The van der Waals surface area contributed by atoms with Crippen molar-refractivity contribution < 1.29 is 0 Å². The van der Waals surface area contributed by atoms with Crippen LogP contribution in [0.15, 0.2) is 224 Å². The second kappa shape index (κ2) is 13.8. The maximum atomic E-state index is 5.13. The van der Waals surface area contributed by atoms with Gasteiger partial charge in [-0.05, 0) is 121 Å². The highest BCUT2D eigenvalue weighted by Gasteiger charge is 2.22. The third-order valence-electron chi connectivity index (χ3n) is 11.8. The summed E-state index contributed by atoms with van der Waals surface area (Å²) >= 11 is 0. The van der Waals surface area contributed by atoms with E-state index >= 15 is 0 Å². The molecule has 0 unspecified atom stereocenters. The fourth-order valence-corrected chi connectivity index (χ4v) is 9.24. The zero-order chi connectivity index (χ0) is 39.6. The zero-order valence-corrected chi connectivity index (χ0v) is 32.6. The van der Waals surface area contributed by atoms with E-state index in [1.54, 1.807) is 0 Å². The minimum Gasteiger partial charge on any atom is -0.311 e. The van der Waals surface area contributed by atoms with Crippen LogP contribution in [0.3, 0.4) is 0 Å². The highest BCUT2D eigenvalue weighted by Crippen LogP contribution is 2.43. The number of para-hydroxylation sites is 7. The predicted molar refractivity (Wildman–Crippen MR) is 250 cm³/mol. The minimum absolute atomic E-state index is 0.923. The molecule has 0 aliphatic heterocycles.